The van der Waals surface area contributed by atoms with Crippen molar-refractivity contribution in [2.75, 3.05) is 52.6 Å². The van der Waals surface area contributed by atoms with Crippen LogP contribution in [0.3, 0.4) is 0 Å². The summed E-state index contributed by atoms with van der Waals surface area (Å²) in [5.41, 5.74) is 1.32. The molecule has 2 unspecified atom stereocenters. The average molecular weight is 623 g/mol. The highest BCUT2D eigenvalue weighted by atomic mass is 16.6. The molecule has 8 nitrogen and oxygen atoms in total. The van der Waals surface area contributed by atoms with E-state index in [9.17, 15) is 9.59 Å². The minimum absolute atomic E-state index is 0.00498. The lowest BCUT2D eigenvalue weighted by Gasteiger charge is -2.35. The lowest BCUT2D eigenvalue weighted by atomic mass is 10.0. The maximum Gasteiger partial charge on any atom is 0.253 e. The number of fused-ring (bicyclic) bond motifs is 2. The molecular formula is C38H42N2O6. The minimum Gasteiger partial charge on any atom is -0.494 e. The molecule has 7 rings (SSSR count). The zero-order chi connectivity index (χ0) is 31.3. The monoisotopic (exact) mass is 622 g/mol. The predicted octanol–water partition coefficient (Wildman–Crippen LogP) is 6.49. The highest BCUT2D eigenvalue weighted by molar-refractivity contribution is 6.00. The van der Waals surface area contributed by atoms with E-state index >= 15 is 0 Å². The molecule has 4 aromatic carbocycles. The van der Waals surface area contributed by atoms with Crippen LogP contribution in [0.25, 0.3) is 21.5 Å². The standard InChI is InChI=1S/C38H42N2O6/c41-37(31-9-7-29-23-33(13-11-27(29)21-31)43-19-3-1-5-35-25-45-35)39-15-17-40(18-16-39)38(42)32-10-8-30-24-34(14-12-28(30)22-32)44-20-4-2-6-36-26-46-36/h7-14,21-24,35-36H,1-6,15-20,25-26H2. The molecule has 0 radical (unpaired) electrons. The molecule has 0 N–H and O–H groups in total. The molecule has 3 saturated heterocycles. The smallest absolute Gasteiger partial charge is 0.253 e. The number of carbonyl (C=O) groups excluding carboxylic acids is 2. The summed E-state index contributed by atoms with van der Waals surface area (Å²) in [5.74, 6) is 1.69. The van der Waals surface area contributed by atoms with Crippen molar-refractivity contribution in [3.63, 3.8) is 0 Å². The Balaban J connectivity index is 0.890. The lowest BCUT2D eigenvalue weighted by Crippen LogP contribution is -2.50. The first-order valence-electron chi connectivity index (χ1n) is 16.7. The van der Waals surface area contributed by atoms with Crippen molar-refractivity contribution in [1.82, 2.24) is 9.80 Å². The van der Waals surface area contributed by atoms with E-state index in [1.807, 2.05) is 82.6 Å². The molecule has 2 atom stereocenters. The zero-order valence-corrected chi connectivity index (χ0v) is 26.3. The van der Waals surface area contributed by atoms with Gasteiger partial charge in [0.15, 0.2) is 0 Å². The molecule has 3 heterocycles. The van der Waals surface area contributed by atoms with Gasteiger partial charge in [-0.3, -0.25) is 9.59 Å². The maximum absolute atomic E-state index is 13.4. The van der Waals surface area contributed by atoms with Crippen LogP contribution in [-0.4, -0.2) is 86.4 Å². The fraction of sp³-hybridized carbons (Fsp3) is 0.421. The third-order valence-electron chi connectivity index (χ3n) is 9.15. The molecule has 0 saturated carbocycles. The lowest BCUT2D eigenvalue weighted by molar-refractivity contribution is 0.0535. The minimum atomic E-state index is -0.00498. The molecule has 3 aliphatic heterocycles. The van der Waals surface area contributed by atoms with Crippen LogP contribution in [0.1, 0.15) is 59.2 Å². The number of ether oxygens (including phenoxy) is 4. The van der Waals surface area contributed by atoms with Crippen molar-refractivity contribution in [2.45, 2.75) is 50.7 Å². The predicted molar refractivity (Wildman–Crippen MR) is 178 cm³/mol. The van der Waals surface area contributed by atoms with E-state index in [4.69, 9.17) is 18.9 Å². The third-order valence-corrected chi connectivity index (χ3v) is 9.15. The maximum atomic E-state index is 13.4. The third kappa shape index (κ3) is 7.80. The van der Waals surface area contributed by atoms with Crippen LogP contribution in [-0.2, 0) is 9.47 Å². The Bertz CT molecular complexity index is 1560. The van der Waals surface area contributed by atoms with Gasteiger partial charge in [-0.05, 0) is 109 Å². The number of nitrogens with zero attached hydrogens (tertiary/aromatic N) is 2. The second kappa shape index (κ2) is 14.1. The normalized spacial score (nSPS) is 19.0. The van der Waals surface area contributed by atoms with Gasteiger partial charge in [0.2, 0.25) is 0 Å². The van der Waals surface area contributed by atoms with Crippen LogP contribution < -0.4 is 9.47 Å². The summed E-state index contributed by atoms with van der Waals surface area (Å²) >= 11 is 0. The molecule has 0 aromatic heterocycles. The van der Waals surface area contributed by atoms with Gasteiger partial charge in [0, 0.05) is 37.3 Å². The Labute approximate surface area is 270 Å². The van der Waals surface area contributed by atoms with Crippen LogP contribution in [0.15, 0.2) is 72.8 Å². The van der Waals surface area contributed by atoms with E-state index < -0.39 is 0 Å². The molecule has 0 spiro atoms. The molecule has 3 fully saturated rings. The fourth-order valence-corrected chi connectivity index (χ4v) is 6.17. The van der Waals surface area contributed by atoms with Gasteiger partial charge in [-0.25, -0.2) is 0 Å². The summed E-state index contributed by atoms with van der Waals surface area (Å²) in [7, 11) is 0. The number of hydrogen-bond donors (Lipinski definition) is 0. The van der Waals surface area contributed by atoms with Gasteiger partial charge in [-0.15, -0.1) is 0 Å². The Hall–Kier alpha value is -4.14. The van der Waals surface area contributed by atoms with Gasteiger partial charge in [-0.1, -0.05) is 24.3 Å². The Morgan fingerprint density at radius 1 is 0.565 bits per heavy atom. The first-order chi connectivity index (χ1) is 22.6. The number of hydrogen-bond acceptors (Lipinski definition) is 6. The van der Waals surface area contributed by atoms with E-state index in [0.29, 0.717) is 62.7 Å². The van der Waals surface area contributed by atoms with Gasteiger partial charge in [-0.2, -0.15) is 0 Å². The number of rotatable bonds is 14. The summed E-state index contributed by atoms with van der Waals surface area (Å²) < 4.78 is 22.4. The number of amides is 2. The molecule has 0 aliphatic carbocycles. The largest absolute Gasteiger partial charge is 0.494 e. The van der Waals surface area contributed by atoms with Gasteiger partial charge in [0.1, 0.15) is 11.5 Å². The van der Waals surface area contributed by atoms with Gasteiger partial charge >= 0.3 is 0 Å². The summed E-state index contributed by atoms with van der Waals surface area (Å²) in [5, 5.41) is 4.11. The van der Waals surface area contributed by atoms with Crippen molar-refractivity contribution in [3.05, 3.63) is 83.9 Å². The number of benzene rings is 4. The average Bonchev–Trinajstić information content (AvgIpc) is 4.04. The van der Waals surface area contributed by atoms with Crippen LogP contribution in [0.4, 0.5) is 0 Å². The molecule has 3 aliphatic rings. The van der Waals surface area contributed by atoms with Gasteiger partial charge < -0.3 is 28.7 Å². The van der Waals surface area contributed by atoms with Gasteiger partial charge in [0.25, 0.3) is 11.8 Å². The van der Waals surface area contributed by atoms with Crippen molar-refractivity contribution < 1.29 is 28.5 Å². The van der Waals surface area contributed by atoms with Crippen molar-refractivity contribution in [3.8, 4) is 11.5 Å². The quantitative estimate of drug-likeness (QED) is 0.118. The zero-order valence-electron chi connectivity index (χ0n) is 26.3. The van der Waals surface area contributed by atoms with Gasteiger partial charge in [0.05, 0.1) is 38.6 Å². The molecule has 8 heteroatoms. The van der Waals surface area contributed by atoms with Crippen LogP contribution in [0.5, 0.6) is 11.5 Å². The summed E-state index contributed by atoms with van der Waals surface area (Å²) in [6.07, 6.45) is 7.44. The second-order valence-corrected chi connectivity index (χ2v) is 12.6. The van der Waals surface area contributed by atoms with Crippen molar-refractivity contribution in [2.24, 2.45) is 0 Å². The summed E-state index contributed by atoms with van der Waals surface area (Å²) in [4.78, 5) is 30.5. The number of carbonyl (C=O) groups is 2. The van der Waals surface area contributed by atoms with E-state index in [-0.39, 0.29) is 11.8 Å². The van der Waals surface area contributed by atoms with E-state index in [0.717, 1.165) is 84.8 Å². The van der Waals surface area contributed by atoms with Crippen molar-refractivity contribution in [1.29, 1.82) is 0 Å². The Kier molecular flexibility index (Phi) is 9.35. The number of unbranched alkanes of at least 4 members (excludes halogenated alkanes) is 2. The second-order valence-electron chi connectivity index (χ2n) is 12.6. The highest BCUT2D eigenvalue weighted by Crippen LogP contribution is 2.26. The fourth-order valence-electron chi connectivity index (χ4n) is 6.17. The number of epoxide rings is 2. The van der Waals surface area contributed by atoms with Crippen LogP contribution in [0.2, 0.25) is 0 Å². The first-order valence-corrected chi connectivity index (χ1v) is 16.7. The van der Waals surface area contributed by atoms with E-state index in [1.54, 1.807) is 0 Å². The molecule has 240 valence electrons. The topological polar surface area (TPSA) is 84.1 Å². The molecule has 2 amide bonds. The van der Waals surface area contributed by atoms with E-state index in [2.05, 4.69) is 0 Å². The molecule has 46 heavy (non-hydrogen) atoms. The van der Waals surface area contributed by atoms with Crippen molar-refractivity contribution >= 4 is 33.4 Å². The SMILES string of the molecule is O=C(c1ccc2cc(OCCCCC3CO3)ccc2c1)N1CCN(C(=O)c2ccc3cc(OCCCCC4CO4)ccc3c2)CC1. The molecular weight excluding hydrogens is 580 g/mol. The first kappa shape index (κ1) is 30.5. The van der Waals surface area contributed by atoms with Crippen LogP contribution >= 0.6 is 0 Å². The molecule has 0 bridgehead atoms. The summed E-state index contributed by atoms with van der Waals surface area (Å²) in [6, 6.07) is 23.7. The summed E-state index contributed by atoms with van der Waals surface area (Å²) in [6.45, 7) is 5.22. The Morgan fingerprint density at radius 2 is 0.957 bits per heavy atom. The highest BCUT2D eigenvalue weighted by Gasteiger charge is 2.26. The molecule has 4 aromatic rings. The Morgan fingerprint density at radius 3 is 1.37 bits per heavy atom. The van der Waals surface area contributed by atoms with E-state index in [1.165, 1.54) is 0 Å². The van der Waals surface area contributed by atoms with Crippen LogP contribution in [0, 0.1) is 0 Å². The number of piperazine rings is 1.